The quantitative estimate of drug-likeness (QED) is 0.862. The largest absolute Gasteiger partial charge is 0.444 e. The minimum absolute atomic E-state index is 0.120. The molecule has 6 heteroatoms. The third kappa shape index (κ3) is 3.45. The van der Waals surface area contributed by atoms with Gasteiger partial charge in [-0.25, -0.2) is 13.6 Å². The van der Waals surface area contributed by atoms with Gasteiger partial charge in [-0.05, 0) is 32.4 Å². The zero-order valence-corrected chi connectivity index (χ0v) is 11.6. The fraction of sp³-hybridized carbons (Fsp3) is 0.500. The van der Waals surface area contributed by atoms with Crippen LogP contribution >= 0.6 is 0 Å². The lowest BCUT2D eigenvalue weighted by atomic mass is 9.98. The number of hydrogen-bond acceptors (Lipinski definition) is 3. The Kier molecular flexibility index (Phi) is 3.94. The molecular weight excluding hydrogens is 268 g/mol. The SMILES string of the molecule is CC(C)(C)OC(=O)NC1COCc2cc(F)cc(F)c21. The maximum atomic E-state index is 13.9. The summed E-state index contributed by atoms with van der Waals surface area (Å²) >= 11 is 0. The van der Waals surface area contributed by atoms with Gasteiger partial charge in [-0.1, -0.05) is 0 Å². The summed E-state index contributed by atoms with van der Waals surface area (Å²) in [6.45, 7) is 5.43. The fourth-order valence-corrected chi connectivity index (χ4v) is 2.08. The Balaban J connectivity index is 2.19. The van der Waals surface area contributed by atoms with Crippen molar-refractivity contribution in [2.24, 2.45) is 0 Å². The Morgan fingerprint density at radius 2 is 2.10 bits per heavy atom. The van der Waals surface area contributed by atoms with E-state index in [4.69, 9.17) is 9.47 Å². The van der Waals surface area contributed by atoms with Crippen molar-refractivity contribution < 1.29 is 23.0 Å². The van der Waals surface area contributed by atoms with Crippen molar-refractivity contribution in [3.8, 4) is 0 Å². The van der Waals surface area contributed by atoms with Crippen molar-refractivity contribution in [3.05, 3.63) is 34.9 Å². The summed E-state index contributed by atoms with van der Waals surface area (Å²) < 4.78 is 37.4. The van der Waals surface area contributed by atoms with Crippen molar-refractivity contribution in [2.45, 2.75) is 39.0 Å². The first-order chi connectivity index (χ1) is 9.26. The summed E-state index contributed by atoms with van der Waals surface area (Å²) in [4.78, 5) is 11.7. The van der Waals surface area contributed by atoms with Crippen molar-refractivity contribution in [2.75, 3.05) is 6.61 Å². The van der Waals surface area contributed by atoms with Crippen LogP contribution in [0.15, 0.2) is 12.1 Å². The molecule has 0 fully saturated rings. The first kappa shape index (κ1) is 14.7. The Morgan fingerprint density at radius 1 is 1.40 bits per heavy atom. The molecule has 20 heavy (non-hydrogen) atoms. The molecule has 2 rings (SSSR count). The average Bonchev–Trinajstić information content (AvgIpc) is 2.25. The predicted molar refractivity (Wildman–Crippen MR) is 68.1 cm³/mol. The monoisotopic (exact) mass is 285 g/mol. The van der Waals surface area contributed by atoms with Crippen LogP contribution in [0.25, 0.3) is 0 Å². The molecule has 0 spiro atoms. The molecule has 110 valence electrons. The number of alkyl carbamates (subject to hydrolysis) is 1. The molecular formula is C14H17F2NO3. The van der Waals surface area contributed by atoms with E-state index in [-0.39, 0.29) is 18.8 Å². The lowest BCUT2D eigenvalue weighted by Crippen LogP contribution is -2.38. The van der Waals surface area contributed by atoms with Gasteiger partial charge in [0, 0.05) is 11.6 Å². The van der Waals surface area contributed by atoms with E-state index in [9.17, 15) is 13.6 Å². The lowest BCUT2D eigenvalue weighted by Gasteiger charge is -2.28. The molecule has 1 aliphatic rings. The zero-order chi connectivity index (χ0) is 14.9. The van der Waals surface area contributed by atoms with Crippen LogP contribution in [0.1, 0.15) is 37.9 Å². The first-order valence-electron chi connectivity index (χ1n) is 6.31. The number of fused-ring (bicyclic) bond motifs is 1. The second kappa shape index (κ2) is 5.36. The highest BCUT2D eigenvalue weighted by atomic mass is 19.1. The van der Waals surface area contributed by atoms with E-state index in [1.54, 1.807) is 20.8 Å². The van der Waals surface area contributed by atoms with Gasteiger partial charge in [0.15, 0.2) is 0 Å². The van der Waals surface area contributed by atoms with Crippen LogP contribution in [-0.2, 0) is 16.1 Å². The van der Waals surface area contributed by atoms with Crippen LogP contribution in [0.3, 0.4) is 0 Å². The number of benzene rings is 1. The summed E-state index contributed by atoms with van der Waals surface area (Å²) in [5, 5.41) is 2.54. The molecule has 1 aliphatic heterocycles. The summed E-state index contributed by atoms with van der Waals surface area (Å²) in [7, 11) is 0. The van der Waals surface area contributed by atoms with E-state index < -0.39 is 29.4 Å². The van der Waals surface area contributed by atoms with Crippen LogP contribution in [0, 0.1) is 11.6 Å². The molecule has 0 aliphatic carbocycles. The van der Waals surface area contributed by atoms with Gasteiger partial charge in [0.05, 0.1) is 19.3 Å². The van der Waals surface area contributed by atoms with Crippen LogP contribution in [0.4, 0.5) is 13.6 Å². The van der Waals surface area contributed by atoms with E-state index in [0.29, 0.717) is 5.56 Å². The maximum Gasteiger partial charge on any atom is 0.408 e. The number of nitrogens with one attached hydrogen (secondary N) is 1. The molecule has 4 nitrogen and oxygen atoms in total. The van der Waals surface area contributed by atoms with Crippen LogP contribution in [-0.4, -0.2) is 18.3 Å². The maximum absolute atomic E-state index is 13.9. The first-order valence-corrected chi connectivity index (χ1v) is 6.31. The van der Waals surface area contributed by atoms with E-state index in [2.05, 4.69) is 5.32 Å². The number of ether oxygens (including phenoxy) is 2. The lowest BCUT2D eigenvalue weighted by molar-refractivity contribution is 0.0384. The van der Waals surface area contributed by atoms with Gasteiger partial charge in [-0.15, -0.1) is 0 Å². The number of hydrogen-bond donors (Lipinski definition) is 1. The topological polar surface area (TPSA) is 47.6 Å². The van der Waals surface area contributed by atoms with Crippen LogP contribution in [0.2, 0.25) is 0 Å². The second-order valence-corrected chi connectivity index (χ2v) is 5.67. The Morgan fingerprint density at radius 3 is 2.75 bits per heavy atom. The third-order valence-corrected chi connectivity index (χ3v) is 2.76. The van der Waals surface area contributed by atoms with Gasteiger partial charge in [0.2, 0.25) is 0 Å². The number of amides is 1. The van der Waals surface area contributed by atoms with Gasteiger partial charge < -0.3 is 14.8 Å². The van der Waals surface area contributed by atoms with Crippen molar-refractivity contribution in [1.82, 2.24) is 5.32 Å². The fourth-order valence-electron chi connectivity index (χ4n) is 2.08. The van der Waals surface area contributed by atoms with Gasteiger partial charge in [0.25, 0.3) is 0 Å². The van der Waals surface area contributed by atoms with Crippen molar-refractivity contribution in [1.29, 1.82) is 0 Å². The summed E-state index contributed by atoms with van der Waals surface area (Å²) in [6.07, 6.45) is -0.664. The summed E-state index contributed by atoms with van der Waals surface area (Å²) in [6, 6.07) is 1.32. The van der Waals surface area contributed by atoms with Crippen molar-refractivity contribution >= 4 is 6.09 Å². The Labute approximate surface area is 116 Å². The highest BCUT2D eigenvalue weighted by molar-refractivity contribution is 5.68. The number of halogens is 2. The van der Waals surface area contributed by atoms with Crippen LogP contribution in [0.5, 0.6) is 0 Å². The molecule has 1 amide bonds. The van der Waals surface area contributed by atoms with E-state index >= 15 is 0 Å². The third-order valence-electron chi connectivity index (χ3n) is 2.76. The Bertz CT molecular complexity index is 526. The van der Waals surface area contributed by atoms with Gasteiger partial charge in [-0.2, -0.15) is 0 Å². The molecule has 1 unspecified atom stereocenters. The molecule has 1 aromatic rings. The minimum atomic E-state index is -0.690. The van der Waals surface area contributed by atoms with E-state index in [0.717, 1.165) is 6.07 Å². The molecule has 0 saturated heterocycles. The molecule has 0 bridgehead atoms. The van der Waals surface area contributed by atoms with Crippen molar-refractivity contribution in [3.63, 3.8) is 0 Å². The highest BCUT2D eigenvalue weighted by Gasteiger charge is 2.28. The molecule has 0 saturated carbocycles. The second-order valence-electron chi connectivity index (χ2n) is 5.67. The minimum Gasteiger partial charge on any atom is -0.444 e. The standard InChI is InChI=1S/C14H17F2NO3/c1-14(2,3)20-13(18)17-11-7-19-6-8-4-9(15)5-10(16)12(8)11/h4-5,11H,6-7H2,1-3H3,(H,17,18). The van der Waals surface area contributed by atoms with E-state index in [1.165, 1.54) is 6.07 Å². The highest BCUT2D eigenvalue weighted by Crippen LogP contribution is 2.28. The molecule has 0 aromatic heterocycles. The van der Waals surface area contributed by atoms with Gasteiger partial charge in [0.1, 0.15) is 17.2 Å². The molecule has 1 N–H and O–H groups in total. The molecule has 0 radical (unpaired) electrons. The average molecular weight is 285 g/mol. The van der Waals surface area contributed by atoms with Gasteiger partial charge in [-0.3, -0.25) is 0 Å². The molecule has 1 atom stereocenters. The summed E-state index contributed by atoms with van der Waals surface area (Å²) in [5.41, 5.74) is 0.00219. The Hall–Kier alpha value is -1.69. The normalized spacial score (nSPS) is 18.4. The number of carbonyl (C=O) groups is 1. The summed E-state index contributed by atoms with van der Waals surface area (Å²) in [5.74, 6) is -1.35. The zero-order valence-electron chi connectivity index (χ0n) is 11.6. The van der Waals surface area contributed by atoms with Gasteiger partial charge >= 0.3 is 6.09 Å². The number of rotatable bonds is 1. The molecule has 1 aromatic carbocycles. The molecule has 1 heterocycles. The smallest absolute Gasteiger partial charge is 0.408 e. The van der Waals surface area contributed by atoms with E-state index in [1.807, 2.05) is 0 Å². The predicted octanol–water partition coefficient (Wildman–Crippen LogP) is 3.06. The number of carbonyl (C=O) groups excluding carboxylic acids is 1. The van der Waals surface area contributed by atoms with Crippen LogP contribution < -0.4 is 5.32 Å².